The zero-order chi connectivity index (χ0) is 13.9. The summed E-state index contributed by atoms with van der Waals surface area (Å²) in [6, 6.07) is 6.19. The van der Waals surface area contributed by atoms with E-state index in [1.807, 2.05) is 6.07 Å². The summed E-state index contributed by atoms with van der Waals surface area (Å²) in [4.78, 5) is 2.60. The Hall–Kier alpha value is -0.0900. The van der Waals surface area contributed by atoms with E-state index in [2.05, 4.69) is 52.1 Å². The van der Waals surface area contributed by atoms with Crippen molar-refractivity contribution in [3.05, 3.63) is 33.3 Å². The molecule has 0 aromatic heterocycles. The van der Waals surface area contributed by atoms with Gasteiger partial charge >= 0.3 is 0 Å². The summed E-state index contributed by atoms with van der Waals surface area (Å²) >= 11 is 9.82. The minimum atomic E-state index is 0.272. The number of hydrogen-bond donors (Lipinski definition) is 1. The summed E-state index contributed by atoms with van der Waals surface area (Å²) in [5.41, 5.74) is 1.49. The number of hydrogen-bond acceptors (Lipinski definition) is 2. The first-order valence-corrected chi connectivity index (χ1v) is 8.18. The SMILES string of the molecule is CCC1(CC)CNCCN1Cc1ccc(Br)cc1Cl. The second-order valence-corrected chi connectivity index (χ2v) is 6.59. The third kappa shape index (κ3) is 3.33. The molecule has 106 valence electrons. The van der Waals surface area contributed by atoms with Crippen molar-refractivity contribution >= 4 is 27.5 Å². The van der Waals surface area contributed by atoms with E-state index in [0.717, 1.165) is 35.7 Å². The van der Waals surface area contributed by atoms with E-state index in [-0.39, 0.29) is 5.54 Å². The summed E-state index contributed by atoms with van der Waals surface area (Å²) in [6.07, 6.45) is 2.34. The Morgan fingerprint density at radius 3 is 2.74 bits per heavy atom. The van der Waals surface area contributed by atoms with E-state index in [1.165, 1.54) is 18.4 Å². The molecular formula is C15H22BrClN2. The predicted octanol–water partition coefficient (Wildman–Crippen LogP) is 4.07. The van der Waals surface area contributed by atoms with Crippen molar-refractivity contribution in [1.82, 2.24) is 10.2 Å². The molecule has 0 bridgehead atoms. The summed E-state index contributed by atoms with van der Waals surface area (Å²) in [5.74, 6) is 0. The van der Waals surface area contributed by atoms with Crippen LogP contribution in [0, 0.1) is 0 Å². The lowest BCUT2D eigenvalue weighted by molar-refractivity contribution is 0.0448. The van der Waals surface area contributed by atoms with Gasteiger partial charge in [-0.05, 0) is 30.5 Å². The Bertz CT molecular complexity index is 432. The van der Waals surface area contributed by atoms with Crippen LogP contribution in [0.3, 0.4) is 0 Å². The van der Waals surface area contributed by atoms with Crippen LogP contribution in [0.2, 0.25) is 5.02 Å². The Kier molecular flexibility index (Phi) is 5.29. The minimum absolute atomic E-state index is 0.272. The molecule has 0 atom stereocenters. The fourth-order valence-corrected chi connectivity index (χ4v) is 3.67. The van der Waals surface area contributed by atoms with Crippen LogP contribution in [0.25, 0.3) is 0 Å². The third-order valence-electron chi connectivity index (χ3n) is 4.38. The Labute approximate surface area is 129 Å². The molecule has 2 rings (SSSR count). The number of piperazine rings is 1. The van der Waals surface area contributed by atoms with Gasteiger partial charge in [0, 0.05) is 41.2 Å². The highest BCUT2D eigenvalue weighted by Gasteiger charge is 2.35. The minimum Gasteiger partial charge on any atom is -0.314 e. The average Bonchev–Trinajstić information content (AvgIpc) is 2.42. The molecule has 4 heteroatoms. The summed E-state index contributed by atoms with van der Waals surface area (Å²) in [5, 5.41) is 4.39. The molecule has 1 aliphatic rings. The number of benzene rings is 1. The molecular weight excluding hydrogens is 324 g/mol. The van der Waals surface area contributed by atoms with Crippen LogP contribution < -0.4 is 5.32 Å². The van der Waals surface area contributed by atoms with Gasteiger partial charge in [0.15, 0.2) is 0 Å². The van der Waals surface area contributed by atoms with Crippen LogP contribution in [0.1, 0.15) is 32.3 Å². The van der Waals surface area contributed by atoms with Crippen LogP contribution in [0.15, 0.2) is 22.7 Å². The lowest BCUT2D eigenvalue weighted by Crippen LogP contribution is -2.60. The van der Waals surface area contributed by atoms with Gasteiger partial charge in [-0.15, -0.1) is 0 Å². The maximum absolute atomic E-state index is 6.36. The molecule has 19 heavy (non-hydrogen) atoms. The van der Waals surface area contributed by atoms with Crippen molar-refractivity contribution < 1.29 is 0 Å². The van der Waals surface area contributed by atoms with Gasteiger partial charge in [0.25, 0.3) is 0 Å². The number of halogens is 2. The van der Waals surface area contributed by atoms with Crippen molar-refractivity contribution in [3.63, 3.8) is 0 Å². The summed E-state index contributed by atoms with van der Waals surface area (Å²) in [7, 11) is 0. The van der Waals surface area contributed by atoms with Gasteiger partial charge in [-0.1, -0.05) is 47.4 Å². The standard InChI is InChI=1S/C15H22BrClN2/c1-3-15(4-2)11-18-7-8-19(15)10-12-5-6-13(16)9-14(12)17/h5-6,9,18H,3-4,7-8,10-11H2,1-2H3. The largest absolute Gasteiger partial charge is 0.314 e. The highest BCUT2D eigenvalue weighted by molar-refractivity contribution is 9.10. The monoisotopic (exact) mass is 344 g/mol. The second-order valence-electron chi connectivity index (χ2n) is 5.27. The molecule has 0 unspecified atom stereocenters. The molecule has 1 fully saturated rings. The molecule has 1 heterocycles. The molecule has 1 aliphatic heterocycles. The van der Waals surface area contributed by atoms with Crippen molar-refractivity contribution in [2.24, 2.45) is 0 Å². The van der Waals surface area contributed by atoms with Gasteiger partial charge in [-0.25, -0.2) is 0 Å². The van der Waals surface area contributed by atoms with Crippen molar-refractivity contribution in [1.29, 1.82) is 0 Å². The average molecular weight is 346 g/mol. The van der Waals surface area contributed by atoms with E-state index in [9.17, 15) is 0 Å². The smallest absolute Gasteiger partial charge is 0.0462 e. The van der Waals surface area contributed by atoms with E-state index < -0.39 is 0 Å². The third-order valence-corrected chi connectivity index (χ3v) is 5.22. The van der Waals surface area contributed by atoms with Crippen molar-refractivity contribution in [3.8, 4) is 0 Å². The maximum Gasteiger partial charge on any atom is 0.0462 e. The Morgan fingerprint density at radius 2 is 2.11 bits per heavy atom. The second kappa shape index (κ2) is 6.57. The van der Waals surface area contributed by atoms with E-state index >= 15 is 0 Å². The van der Waals surface area contributed by atoms with Gasteiger partial charge in [-0.3, -0.25) is 4.90 Å². The van der Waals surface area contributed by atoms with Crippen LogP contribution in [-0.4, -0.2) is 30.1 Å². The fraction of sp³-hybridized carbons (Fsp3) is 0.600. The molecule has 0 saturated carbocycles. The Morgan fingerprint density at radius 1 is 1.37 bits per heavy atom. The Balaban J connectivity index is 2.19. The topological polar surface area (TPSA) is 15.3 Å². The molecule has 0 amide bonds. The first-order chi connectivity index (χ1) is 9.11. The lowest BCUT2D eigenvalue weighted by atomic mass is 9.88. The van der Waals surface area contributed by atoms with E-state index in [0.29, 0.717) is 0 Å². The number of nitrogens with one attached hydrogen (secondary N) is 1. The predicted molar refractivity (Wildman–Crippen MR) is 85.7 cm³/mol. The van der Waals surface area contributed by atoms with Gasteiger partial charge in [0.05, 0.1) is 0 Å². The zero-order valence-corrected chi connectivity index (χ0v) is 14.0. The molecule has 1 aromatic rings. The van der Waals surface area contributed by atoms with Gasteiger partial charge in [0.2, 0.25) is 0 Å². The fourth-order valence-electron chi connectivity index (χ4n) is 2.93. The lowest BCUT2D eigenvalue weighted by Gasteiger charge is -2.47. The first kappa shape index (κ1) is 15.3. The molecule has 2 nitrogen and oxygen atoms in total. The zero-order valence-electron chi connectivity index (χ0n) is 11.7. The molecule has 1 N–H and O–H groups in total. The van der Waals surface area contributed by atoms with E-state index in [4.69, 9.17) is 11.6 Å². The van der Waals surface area contributed by atoms with Crippen LogP contribution in [-0.2, 0) is 6.54 Å². The molecule has 0 spiro atoms. The van der Waals surface area contributed by atoms with Gasteiger partial charge in [-0.2, -0.15) is 0 Å². The quantitative estimate of drug-likeness (QED) is 0.885. The highest BCUT2D eigenvalue weighted by Crippen LogP contribution is 2.30. The highest BCUT2D eigenvalue weighted by atomic mass is 79.9. The number of nitrogens with zero attached hydrogens (tertiary/aromatic N) is 1. The van der Waals surface area contributed by atoms with Crippen molar-refractivity contribution in [2.45, 2.75) is 38.8 Å². The van der Waals surface area contributed by atoms with Gasteiger partial charge in [0.1, 0.15) is 0 Å². The van der Waals surface area contributed by atoms with Crippen LogP contribution >= 0.6 is 27.5 Å². The summed E-state index contributed by atoms with van der Waals surface area (Å²) in [6.45, 7) is 8.74. The molecule has 0 aliphatic carbocycles. The van der Waals surface area contributed by atoms with E-state index in [1.54, 1.807) is 0 Å². The number of rotatable bonds is 4. The summed E-state index contributed by atoms with van der Waals surface area (Å²) < 4.78 is 1.04. The molecule has 1 saturated heterocycles. The molecule has 1 aromatic carbocycles. The first-order valence-electron chi connectivity index (χ1n) is 7.01. The van der Waals surface area contributed by atoms with Crippen molar-refractivity contribution in [2.75, 3.05) is 19.6 Å². The normalized spacial score (nSPS) is 19.6. The van der Waals surface area contributed by atoms with Gasteiger partial charge < -0.3 is 5.32 Å². The van der Waals surface area contributed by atoms with Crippen LogP contribution in [0.4, 0.5) is 0 Å². The van der Waals surface area contributed by atoms with Crippen LogP contribution in [0.5, 0.6) is 0 Å². The maximum atomic E-state index is 6.36. The molecule has 0 radical (unpaired) electrons.